The molecule has 1 atom stereocenters. The molecule has 108 valence electrons. The van der Waals surface area contributed by atoms with Gasteiger partial charge >= 0.3 is 0 Å². The smallest absolute Gasteiger partial charge is 0.223 e. The van der Waals surface area contributed by atoms with E-state index >= 15 is 0 Å². The van der Waals surface area contributed by atoms with E-state index in [2.05, 4.69) is 22.2 Å². The SMILES string of the molecule is COc1ccc(C(C)Nc2nc(N)nc3sccc23)cc1. The normalized spacial score (nSPS) is 12.3. The van der Waals surface area contributed by atoms with E-state index in [0.29, 0.717) is 0 Å². The van der Waals surface area contributed by atoms with Crippen LogP contribution in [0.1, 0.15) is 18.5 Å². The number of hydrogen-bond donors (Lipinski definition) is 2. The fourth-order valence-corrected chi connectivity index (χ4v) is 2.93. The molecular formula is C15H16N4OS. The van der Waals surface area contributed by atoms with Crippen LogP contribution in [0.4, 0.5) is 11.8 Å². The molecule has 0 amide bonds. The summed E-state index contributed by atoms with van der Waals surface area (Å²) in [4.78, 5) is 9.43. The summed E-state index contributed by atoms with van der Waals surface area (Å²) in [6, 6.07) is 10.1. The second-order valence-corrected chi connectivity index (χ2v) is 5.60. The van der Waals surface area contributed by atoms with Gasteiger partial charge in [0.05, 0.1) is 12.5 Å². The van der Waals surface area contributed by atoms with Gasteiger partial charge in [-0.2, -0.15) is 4.98 Å². The van der Waals surface area contributed by atoms with Crippen molar-refractivity contribution in [1.29, 1.82) is 0 Å². The van der Waals surface area contributed by atoms with Crippen LogP contribution in [0.2, 0.25) is 0 Å². The van der Waals surface area contributed by atoms with Crippen molar-refractivity contribution in [2.24, 2.45) is 0 Å². The molecule has 21 heavy (non-hydrogen) atoms. The van der Waals surface area contributed by atoms with E-state index in [1.54, 1.807) is 18.4 Å². The Hall–Kier alpha value is -2.34. The van der Waals surface area contributed by atoms with E-state index in [0.717, 1.165) is 27.3 Å². The quantitative estimate of drug-likeness (QED) is 0.772. The number of aromatic nitrogens is 2. The molecule has 0 fully saturated rings. The summed E-state index contributed by atoms with van der Waals surface area (Å²) in [7, 11) is 1.66. The monoisotopic (exact) mass is 300 g/mol. The summed E-state index contributed by atoms with van der Waals surface area (Å²) in [5.74, 6) is 1.90. The fraction of sp³-hybridized carbons (Fsp3) is 0.200. The van der Waals surface area contributed by atoms with Crippen LogP contribution in [0.3, 0.4) is 0 Å². The Morgan fingerprint density at radius 1 is 1.19 bits per heavy atom. The summed E-state index contributed by atoms with van der Waals surface area (Å²) >= 11 is 1.56. The largest absolute Gasteiger partial charge is 0.497 e. The first-order valence-electron chi connectivity index (χ1n) is 6.58. The van der Waals surface area contributed by atoms with Crippen LogP contribution >= 0.6 is 11.3 Å². The van der Waals surface area contributed by atoms with Crippen LogP contribution in [0.5, 0.6) is 5.75 Å². The summed E-state index contributed by atoms with van der Waals surface area (Å²) < 4.78 is 5.17. The van der Waals surface area contributed by atoms with Crippen molar-refractivity contribution in [3.8, 4) is 5.75 Å². The van der Waals surface area contributed by atoms with Gasteiger partial charge in [-0.15, -0.1) is 11.3 Å². The first-order valence-corrected chi connectivity index (χ1v) is 7.46. The molecular weight excluding hydrogens is 284 g/mol. The summed E-state index contributed by atoms with van der Waals surface area (Å²) in [6.07, 6.45) is 0. The molecule has 0 saturated carbocycles. The molecule has 2 aromatic heterocycles. The van der Waals surface area contributed by atoms with Crippen LogP contribution in [-0.4, -0.2) is 17.1 Å². The van der Waals surface area contributed by atoms with Crippen molar-refractivity contribution in [3.05, 3.63) is 41.3 Å². The van der Waals surface area contributed by atoms with Gasteiger partial charge in [0.15, 0.2) is 0 Å². The molecule has 0 spiro atoms. The van der Waals surface area contributed by atoms with E-state index in [4.69, 9.17) is 10.5 Å². The number of nitrogens with two attached hydrogens (primary N) is 1. The van der Waals surface area contributed by atoms with Crippen LogP contribution in [-0.2, 0) is 0 Å². The topological polar surface area (TPSA) is 73.1 Å². The van der Waals surface area contributed by atoms with Crippen LogP contribution in [0.15, 0.2) is 35.7 Å². The molecule has 3 aromatic rings. The molecule has 0 aliphatic rings. The Balaban J connectivity index is 1.88. The summed E-state index contributed by atoms with van der Waals surface area (Å²) in [5, 5.41) is 6.38. The lowest BCUT2D eigenvalue weighted by Gasteiger charge is -2.16. The molecule has 0 aliphatic carbocycles. The van der Waals surface area contributed by atoms with Gasteiger partial charge in [-0.1, -0.05) is 12.1 Å². The third kappa shape index (κ3) is 2.75. The Labute approximate surface area is 126 Å². The van der Waals surface area contributed by atoms with Gasteiger partial charge < -0.3 is 15.8 Å². The van der Waals surface area contributed by atoms with E-state index in [9.17, 15) is 0 Å². The van der Waals surface area contributed by atoms with Crippen LogP contribution in [0.25, 0.3) is 10.2 Å². The Kier molecular flexibility index (Phi) is 3.62. The number of rotatable bonds is 4. The molecule has 6 heteroatoms. The number of ether oxygens (including phenoxy) is 1. The molecule has 2 heterocycles. The molecule has 0 saturated heterocycles. The average Bonchev–Trinajstić information content (AvgIpc) is 2.95. The van der Waals surface area contributed by atoms with Gasteiger partial charge in [0.2, 0.25) is 5.95 Å². The highest BCUT2D eigenvalue weighted by atomic mass is 32.1. The van der Waals surface area contributed by atoms with Crippen molar-refractivity contribution >= 4 is 33.3 Å². The highest BCUT2D eigenvalue weighted by molar-refractivity contribution is 7.16. The highest BCUT2D eigenvalue weighted by Gasteiger charge is 2.11. The lowest BCUT2D eigenvalue weighted by Crippen LogP contribution is -2.09. The molecule has 1 unspecified atom stereocenters. The lowest BCUT2D eigenvalue weighted by molar-refractivity contribution is 0.414. The standard InChI is InChI=1S/C15H16N4OS/c1-9(10-3-5-11(20-2)6-4-10)17-13-12-7-8-21-14(12)19-15(16)18-13/h3-9H,1-2H3,(H3,16,17,18,19). The minimum atomic E-state index is 0.105. The maximum absolute atomic E-state index is 5.76. The summed E-state index contributed by atoms with van der Waals surface area (Å²) in [6.45, 7) is 2.08. The fourth-order valence-electron chi connectivity index (χ4n) is 2.16. The van der Waals surface area contributed by atoms with Crippen molar-refractivity contribution < 1.29 is 4.74 Å². The van der Waals surface area contributed by atoms with Gasteiger partial charge in [0.1, 0.15) is 16.4 Å². The predicted molar refractivity (Wildman–Crippen MR) is 86.9 cm³/mol. The first kappa shape index (κ1) is 13.6. The lowest BCUT2D eigenvalue weighted by atomic mass is 10.1. The number of nitrogen functional groups attached to an aromatic ring is 1. The number of thiophene rings is 1. The Morgan fingerprint density at radius 2 is 1.95 bits per heavy atom. The van der Waals surface area contributed by atoms with E-state index in [1.165, 1.54) is 0 Å². The second kappa shape index (κ2) is 5.57. The van der Waals surface area contributed by atoms with E-state index in [-0.39, 0.29) is 12.0 Å². The van der Waals surface area contributed by atoms with Crippen molar-refractivity contribution in [2.75, 3.05) is 18.2 Å². The van der Waals surface area contributed by atoms with Gasteiger partial charge in [0.25, 0.3) is 0 Å². The summed E-state index contributed by atoms with van der Waals surface area (Å²) in [5.41, 5.74) is 6.91. The van der Waals surface area contributed by atoms with Gasteiger partial charge in [-0.05, 0) is 36.1 Å². The van der Waals surface area contributed by atoms with E-state index < -0.39 is 0 Å². The van der Waals surface area contributed by atoms with Crippen molar-refractivity contribution in [1.82, 2.24) is 9.97 Å². The molecule has 3 N–H and O–H groups in total. The third-order valence-corrected chi connectivity index (χ3v) is 4.12. The Morgan fingerprint density at radius 3 is 2.67 bits per heavy atom. The van der Waals surface area contributed by atoms with Crippen LogP contribution < -0.4 is 15.8 Å². The zero-order valence-electron chi connectivity index (χ0n) is 11.8. The second-order valence-electron chi connectivity index (χ2n) is 4.71. The molecule has 3 rings (SSSR count). The predicted octanol–water partition coefficient (Wildman–Crippen LogP) is 3.46. The highest BCUT2D eigenvalue weighted by Crippen LogP contribution is 2.28. The first-order chi connectivity index (χ1) is 10.2. The zero-order chi connectivity index (χ0) is 14.8. The van der Waals surface area contributed by atoms with Crippen molar-refractivity contribution in [2.45, 2.75) is 13.0 Å². The Bertz CT molecular complexity index is 754. The van der Waals surface area contributed by atoms with Crippen LogP contribution in [0, 0.1) is 0 Å². The molecule has 0 aliphatic heterocycles. The molecule has 0 radical (unpaired) electrons. The minimum Gasteiger partial charge on any atom is -0.497 e. The van der Waals surface area contributed by atoms with Gasteiger partial charge in [0, 0.05) is 6.04 Å². The number of anilines is 2. The number of fused-ring (bicyclic) bond motifs is 1. The number of nitrogens with one attached hydrogen (secondary N) is 1. The van der Waals surface area contributed by atoms with Gasteiger partial charge in [-0.25, -0.2) is 4.98 Å². The number of benzene rings is 1. The minimum absolute atomic E-state index is 0.105. The molecule has 5 nitrogen and oxygen atoms in total. The number of nitrogens with zero attached hydrogens (tertiary/aromatic N) is 2. The zero-order valence-corrected chi connectivity index (χ0v) is 12.6. The number of methoxy groups -OCH3 is 1. The third-order valence-electron chi connectivity index (χ3n) is 3.31. The van der Waals surface area contributed by atoms with Gasteiger partial charge in [-0.3, -0.25) is 0 Å². The average molecular weight is 300 g/mol. The maximum Gasteiger partial charge on any atom is 0.223 e. The number of hydrogen-bond acceptors (Lipinski definition) is 6. The van der Waals surface area contributed by atoms with Crippen molar-refractivity contribution in [3.63, 3.8) is 0 Å². The maximum atomic E-state index is 5.76. The molecule has 1 aromatic carbocycles. The van der Waals surface area contributed by atoms with E-state index in [1.807, 2.05) is 35.7 Å². The molecule has 0 bridgehead atoms.